The van der Waals surface area contributed by atoms with Crippen molar-refractivity contribution in [3.63, 3.8) is 0 Å². The average Bonchev–Trinajstić information content (AvgIpc) is 2.92. The van der Waals surface area contributed by atoms with Crippen LogP contribution in [0, 0.1) is 6.92 Å². The van der Waals surface area contributed by atoms with Gasteiger partial charge in [-0.15, -0.1) is 0 Å². The number of nitrogens with two attached hydrogens (primary N) is 1. The van der Waals surface area contributed by atoms with Gasteiger partial charge in [0.25, 0.3) is 0 Å². The summed E-state index contributed by atoms with van der Waals surface area (Å²) in [5, 5.41) is 13.0. The van der Waals surface area contributed by atoms with Crippen LogP contribution < -0.4 is 5.73 Å². The molecule has 1 aromatic carbocycles. The fourth-order valence-electron chi connectivity index (χ4n) is 2.05. The number of furan rings is 1. The molecular formula is C15H13N3O2S. The van der Waals surface area contributed by atoms with E-state index in [4.69, 9.17) is 15.4 Å². The number of para-hydroxylation sites is 1. The first-order chi connectivity index (χ1) is 10.2. The minimum atomic E-state index is 0.0388. The second kappa shape index (κ2) is 5.49. The highest BCUT2D eigenvalue weighted by Gasteiger charge is 2.15. The van der Waals surface area contributed by atoms with E-state index < -0.39 is 0 Å². The summed E-state index contributed by atoms with van der Waals surface area (Å²) in [4.78, 5) is 6.23. The van der Waals surface area contributed by atoms with Crippen LogP contribution in [-0.2, 0) is 0 Å². The predicted octanol–water partition coefficient (Wildman–Crippen LogP) is 3.38. The lowest BCUT2D eigenvalue weighted by atomic mass is 10.1. The van der Waals surface area contributed by atoms with E-state index in [1.807, 2.05) is 37.3 Å². The van der Waals surface area contributed by atoms with Crippen LogP contribution in [0.5, 0.6) is 0 Å². The van der Waals surface area contributed by atoms with Crippen LogP contribution in [0.2, 0.25) is 0 Å². The maximum atomic E-state index is 8.97. The van der Waals surface area contributed by atoms with Gasteiger partial charge >= 0.3 is 0 Å². The molecule has 0 unspecified atom stereocenters. The van der Waals surface area contributed by atoms with Gasteiger partial charge in [-0.3, -0.25) is 4.98 Å². The third-order valence-corrected chi connectivity index (χ3v) is 4.42. The molecule has 0 amide bonds. The van der Waals surface area contributed by atoms with Crippen molar-refractivity contribution >= 4 is 28.5 Å². The molecule has 0 aliphatic rings. The standard InChI is InChI=1S/C15H13N3O2S/c1-9-13(6-7-20-9)21-14-10-4-2-3-5-12(10)17-8-11(14)15(16)18-19/h2-8,19H,1H3,(H2,16,18). The zero-order valence-electron chi connectivity index (χ0n) is 11.3. The molecule has 2 heterocycles. The summed E-state index contributed by atoms with van der Waals surface area (Å²) in [6, 6.07) is 9.65. The van der Waals surface area contributed by atoms with E-state index in [0.717, 1.165) is 26.5 Å². The van der Waals surface area contributed by atoms with Gasteiger partial charge in [-0.05, 0) is 19.1 Å². The summed E-state index contributed by atoms with van der Waals surface area (Å²) >= 11 is 1.51. The Morgan fingerprint density at radius 1 is 1.33 bits per heavy atom. The number of aryl methyl sites for hydroxylation is 1. The summed E-state index contributed by atoms with van der Waals surface area (Å²) in [5.74, 6) is 0.864. The second-order valence-corrected chi connectivity index (χ2v) is 5.50. The number of hydrogen-bond donors (Lipinski definition) is 2. The SMILES string of the molecule is Cc1occc1Sc1c(/C(N)=N/O)cnc2ccccc12. The third-order valence-electron chi connectivity index (χ3n) is 3.13. The first-order valence-corrected chi connectivity index (χ1v) is 7.10. The molecule has 0 aliphatic heterocycles. The highest BCUT2D eigenvalue weighted by Crippen LogP contribution is 2.37. The minimum Gasteiger partial charge on any atom is -0.468 e. The smallest absolute Gasteiger partial charge is 0.172 e. The van der Waals surface area contributed by atoms with E-state index >= 15 is 0 Å². The number of aromatic nitrogens is 1. The molecule has 106 valence electrons. The molecule has 3 rings (SSSR count). The lowest BCUT2D eigenvalue weighted by Gasteiger charge is -2.10. The van der Waals surface area contributed by atoms with Gasteiger partial charge < -0.3 is 15.4 Å². The van der Waals surface area contributed by atoms with Gasteiger partial charge in [0.15, 0.2) is 5.84 Å². The van der Waals surface area contributed by atoms with E-state index in [2.05, 4.69) is 10.1 Å². The third kappa shape index (κ3) is 2.45. The molecule has 2 aromatic heterocycles. The molecule has 0 saturated carbocycles. The summed E-state index contributed by atoms with van der Waals surface area (Å²) in [7, 11) is 0. The van der Waals surface area contributed by atoms with Crippen molar-refractivity contribution in [2.24, 2.45) is 10.9 Å². The quantitative estimate of drug-likeness (QED) is 0.335. The number of benzene rings is 1. The second-order valence-electron chi connectivity index (χ2n) is 4.45. The van der Waals surface area contributed by atoms with Crippen LogP contribution in [0.1, 0.15) is 11.3 Å². The zero-order valence-corrected chi connectivity index (χ0v) is 12.1. The summed E-state index contributed by atoms with van der Waals surface area (Å²) in [6.45, 7) is 1.90. The Kier molecular flexibility index (Phi) is 3.53. The fraction of sp³-hybridized carbons (Fsp3) is 0.0667. The molecule has 5 nitrogen and oxygen atoms in total. The lowest BCUT2D eigenvalue weighted by Crippen LogP contribution is -2.14. The number of pyridine rings is 1. The topological polar surface area (TPSA) is 84.6 Å². The minimum absolute atomic E-state index is 0.0388. The van der Waals surface area contributed by atoms with Gasteiger partial charge in [0.05, 0.1) is 22.2 Å². The van der Waals surface area contributed by atoms with Crippen LogP contribution in [0.4, 0.5) is 0 Å². The molecule has 0 bridgehead atoms. The monoisotopic (exact) mass is 299 g/mol. The Hall–Kier alpha value is -2.47. The van der Waals surface area contributed by atoms with Crippen LogP contribution >= 0.6 is 11.8 Å². The van der Waals surface area contributed by atoms with Crippen molar-refractivity contribution in [1.29, 1.82) is 0 Å². The van der Waals surface area contributed by atoms with Crippen molar-refractivity contribution in [2.75, 3.05) is 0 Å². The number of fused-ring (bicyclic) bond motifs is 1. The molecule has 3 aromatic rings. The van der Waals surface area contributed by atoms with Gasteiger partial charge in [0.1, 0.15) is 5.76 Å². The van der Waals surface area contributed by atoms with E-state index in [1.165, 1.54) is 11.8 Å². The average molecular weight is 299 g/mol. The van der Waals surface area contributed by atoms with Gasteiger partial charge in [0, 0.05) is 16.5 Å². The Morgan fingerprint density at radius 2 is 2.14 bits per heavy atom. The molecule has 0 saturated heterocycles. The van der Waals surface area contributed by atoms with Crippen molar-refractivity contribution in [2.45, 2.75) is 16.7 Å². The number of amidine groups is 1. The van der Waals surface area contributed by atoms with Crippen LogP contribution in [0.3, 0.4) is 0 Å². The van der Waals surface area contributed by atoms with Crippen LogP contribution in [0.25, 0.3) is 10.9 Å². The number of oxime groups is 1. The Bertz CT molecular complexity index is 827. The van der Waals surface area contributed by atoms with E-state index in [-0.39, 0.29) is 5.84 Å². The fourth-order valence-corrected chi connectivity index (χ4v) is 3.14. The number of rotatable bonds is 3. The van der Waals surface area contributed by atoms with Gasteiger partial charge in [-0.25, -0.2) is 0 Å². The van der Waals surface area contributed by atoms with Crippen LogP contribution in [0.15, 0.2) is 62.2 Å². The summed E-state index contributed by atoms with van der Waals surface area (Å²) in [6.07, 6.45) is 3.26. The van der Waals surface area contributed by atoms with Crippen LogP contribution in [-0.4, -0.2) is 16.0 Å². The Labute approximate surface area is 125 Å². The maximum Gasteiger partial charge on any atom is 0.172 e. The highest BCUT2D eigenvalue weighted by atomic mass is 32.2. The predicted molar refractivity (Wildman–Crippen MR) is 81.8 cm³/mol. The zero-order chi connectivity index (χ0) is 14.8. The highest BCUT2D eigenvalue weighted by molar-refractivity contribution is 7.99. The molecule has 3 N–H and O–H groups in total. The number of nitrogens with zero attached hydrogens (tertiary/aromatic N) is 2. The van der Waals surface area contributed by atoms with Crippen molar-refractivity contribution in [1.82, 2.24) is 4.98 Å². The van der Waals surface area contributed by atoms with E-state index in [9.17, 15) is 0 Å². The van der Waals surface area contributed by atoms with Crippen molar-refractivity contribution in [3.05, 3.63) is 54.1 Å². The molecule has 21 heavy (non-hydrogen) atoms. The Morgan fingerprint density at radius 3 is 2.86 bits per heavy atom. The largest absolute Gasteiger partial charge is 0.468 e. The van der Waals surface area contributed by atoms with Gasteiger partial charge in [-0.2, -0.15) is 0 Å². The molecule has 6 heteroatoms. The normalized spacial score (nSPS) is 12.0. The summed E-state index contributed by atoms with van der Waals surface area (Å²) < 4.78 is 5.33. The molecule has 0 fully saturated rings. The first kappa shape index (κ1) is 13.5. The number of hydrogen-bond acceptors (Lipinski definition) is 5. The van der Waals surface area contributed by atoms with E-state index in [1.54, 1.807) is 12.5 Å². The lowest BCUT2D eigenvalue weighted by molar-refractivity contribution is 0.318. The summed E-state index contributed by atoms with van der Waals surface area (Å²) in [5.41, 5.74) is 7.23. The van der Waals surface area contributed by atoms with Crippen molar-refractivity contribution in [3.8, 4) is 0 Å². The molecule has 0 atom stereocenters. The van der Waals surface area contributed by atoms with Gasteiger partial charge in [-0.1, -0.05) is 35.1 Å². The molecular weight excluding hydrogens is 286 g/mol. The first-order valence-electron chi connectivity index (χ1n) is 6.28. The maximum absolute atomic E-state index is 8.97. The molecule has 0 radical (unpaired) electrons. The van der Waals surface area contributed by atoms with Gasteiger partial charge in [0.2, 0.25) is 0 Å². The van der Waals surface area contributed by atoms with Crippen molar-refractivity contribution < 1.29 is 9.62 Å². The van der Waals surface area contributed by atoms with E-state index in [0.29, 0.717) is 5.56 Å². The Balaban J connectivity index is 2.23. The molecule has 0 spiro atoms. The molecule has 0 aliphatic carbocycles.